The summed E-state index contributed by atoms with van der Waals surface area (Å²) < 4.78 is 6.84. The topological polar surface area (TPSA) is 79.0 Å². The van der Waals surface area contributed by atoms with Crippen molar-refractivity contribution < 1.29 is 9.84 Å². The van der Waals surface area contributed by atoms with Gasteiger partial charge in [-0.3, -0.25) is 4.90 Å². The zero-order valence-corrected chi connectivity index (χ0v) is 13.0. The molecule has 120 valence electrons. The molecule has 0 spiro atoms. The minimum atomic E-state index is -0.432. The Labute approximate surface area is 129 Å². The Bertz CT molecular complexity index is 625. The van der Waals surface area contributed by atoms with Crippen molar-refractivity contribution in [1.82, 2.24) is 24.7 Å². The molecule has 22 heavy (non-hydrogen) atoms. The number of hydrogen-bond acceptors (Lipinski definition) is 7. The van der Waals surface area contributed by atoms with Gasteiger partial charge in [0.2, 0.25) is 0 Å². The highest BCUT2D eigenvalue weighted by Gasteiger charge is 2.17. The quantitative estimate of drug-likeness (QED) is 0.802. The summed E-state index contributed by atoms with van der Waals surface area (Å²) in [5.41, 5.74) is 0.725. The van der Waals surface area contributed by atoms with Crippen LogP contribution < -0.4 is 4.90 Å². The number of aliphatic hydroxyl groups is 1. The van der Waals surface area contributed by atoms with Gasteiger partial charge in [0.05, 0.1) is 19.3 Å². The van der Waals surface area contributed by atoms with Crippen LogP contribution in [0.5, 0.6) is 0 Å². The molecule has 8 heteroatoms. The van der Waals surface area contributed by atoms with E-state index in [1.54, 1.807) is 0 Å². The van der Waals surface area contributed by atoms with Gasteiger partial charge in [-0.25, -0.2) is 4.98 Å². The minimum Gasteiger partial charge on any atom is -0.390 e. The van der Waals surface area contributed by atoms with Gasteiger partial charge in [-0.15, -0.1) is 14.8 Å². The van der Waals surface area contributed by atoms with Gasteiger partial charge in [-0.05, 0) is 19.1 Å². The van der Waals surface area contributed by atoms with E-state index in [1.807, 2.05) is 31.0 Å². The molecule has 3 heterocycles. The number of aromatic nitrogens is 4. The largest absolute Gasteiger partial charge is 0.390 e. The molecule has 1 atom stereocenters. The second-order valence-corrected chi connectivity index (χ2v) is 5.65. The molecule has 0 bridgehead atoms. The van der Waals surface area contributed by atoms with E-state index in [0.717, 1.165) is 37.8 Å². The van der Waals surface area contributed by atoms with Crippen LogP contribution in [0.3, 0.4) is 0 Å². The van der Waals surface area contributed by atoms with Crippen molar-refractivity contribution in [2.24, 2.45) is 0 Å². The highest BCUT2D eigenvalue weighted by molar-refractivity contribution is 5.44. The van der Waals surface area contributed by atoms with Crippen molar-refractivity contribution in [3.05, 3.63) is 18.0 Å². The van der Waals surface area contributed by atoms with E-state index in [2.05, 4.69) is 20.1 Å². The second-order valence-electron chi connectivity index (χ2n) is 5.65. The van der Waals surface area contributed by atoms with Crippen LogP contribution in [0.4, 0.5) is 5.82 Å². The van der Waals surface area contributed by atoms with E-state index >= 15 is 0 Å². The number of rotatable bonds is 5. The second kappa shape index (κ2) is 6.55. The van der Waals surface area contributed by atoms with Crippen LogP contribution >= 0.6 is 0 Å². The summed E-state index contributed by atoms with van der Waals surface area (Å²) in [5.74, 6) is 1.46. The Morgan fingerprint density at radius 3 is 2.86 bits per heavy atom. The Kier molecular flexibility index (Phi) is 4.51. The molecule has 3 rings (SSSR count). The molecule has 0 aromatic carbocycles. The Morgan fingerprint density at radius 1 is 1.32 bits per heavy atom. The normalized spacial score (nSPS) is 17.8. The van der Waals surface area contributed by atoms with E-state index in [9.17, 15) is 5.11 Å². The molecule has 1 aliphatic rings. The molecule has 0 radical (unpaired) electrons. The van der Waals surface area contributed by atoms with Gasteiger partial charge in [-0.1, -0.05) is 0 Å². The van der Waals surface area contributed by atoms with Gasteiger partial charge in [0.25, 0.3) is 0 Å². The smallest absolute Gasteiger partial charge is 0.176 e. The molecule has 1 saturated heterocycles. The van der Waals surface area contributed by atoms with E-state index in [0.29, 0.717) is 18.9 Å². The molecule has 2 aromatic heterocycles. The third-order valence-corrected chi connectivity index (χ3v) is 3.75. The van der Waals surface area contributed by atoms with E-state index < -0.39 is 6.10 Å². The van der Waals surface area contributed by atoms with Crippen LogP contribution in [0.15, 0.2) is 12.1 Å². The van der Waals surface area contributed by atoms with Gasteiger partial charge in [0.1, 0.15) is 5.82 Å². The lowest BCUT2D eigenvalue weighted by Crippen LogP contribution is -2.44. The van der Waals surface area contributed by atoms with Gasteiger partial charge in [0.15, 0.2) is 11.5 Å². The monoisotopic (exact) mass is 306 g/mol. The molecular weight excluding hydrogens is 284 g/mol. The van der Waals surface area contributed by atoms with Crippen LogP contribution in [0.1, 0.15) is 5.82 Å². The summed E-state index contributed by atoms with van der Waals surface area (Å²) in [6, 6.07) is 3.78. The first kappa shape index (κ1) is 15.1. The lowest BCUT2D eigenvalue weighted by Gasteiger charge is -2.30. The number of morpholine rings is 1. The van der Waals surface area contributed by atoms with Crippen LogP contribution in [-0.4, -0.2) is 82.4 Å². The van der Waals surface area contributed by atoms with Gasteiger partial charge in [-0.2, -0.15) is 0 Å². The van der Waals surface area contributed by atoms with Crippen LogP contribution in [0.2, 0.25) is 0 Å². The van der Waals surface area contributed by atoms with Crippen LogP contribution in [-0.2, 0) is 4.74 Å². The lowest BCUT2D eigenvalue weighted by atomic mass is 10.3. The van der Waals surface area contributed by atoms with Gasteiger partial charge in [0, 0.05) is 33.2 Å². The molecule has 0 saturated carbocycles. The zero-order valence-electron chi connectivity index (χ0n) is 13.0. The molecule has 1 fully saturated rings. The standard InChI is InChI=1S/C14H22N6O2/c1-11-15-13-3-4-14(17-20(13)16-11)18(2)9-12(21)10-19-5-7-22-8-6-19/h3-4,12,21H,5-10H2,1-2H3. The number of hydrogen-bond donors (Lipinski definition) is 1. The molecule has 0 amide bonds. The maximum atomic E-state index is 10.3. The lowest BCUT2D eigenvalue weighted by molar-refractivity contribution is 0.0162. The molecule has 0 aliphatic carbocycles. The van der Waals surface area contributed by atoms with Crippen molar-refractivity contribution in [3.8, 4) is 0 Å². The fourth-order valence-corrected chi connectivity index (χ4v) is 2.63. The van der Waals surface area contributed by atoms with E-state index in [1.165, 1.54) is 4.63 Å². The van der Waals surface area contributed by atoms with Crippen molar-refractivity contribution in [2.75, 3.05) is 51.3 Å². The highest BCUT2D eigenvalue weighted by atomic mass is 16.5. The number of aryl methyl sites for hydroxylation is 1. The molecule has 2 aromatic rings. The van der Waals surface area contributed by atoms with Crippen LogP contribution in [0.25, 0.3) is 5.65 Å². The summed E-state index contributed by atoms with van der Waals surface area (Å²) >= 11 is 0. The average molecular weight is 306 g/mol. The summed E-state index contributed by atoms with van der Waals surface area (Å²) in [5, 5.41) is 18.9. The molecule has 1 N–H and O–H groups in total. The Hall–Kier alpha value is -1.77. The molecule has 1 aliphatic heterocycles. The number of β-amino-alcohol motifs (C(OH)–C–C–N with tert-alkyl or cyclic N) is 1. The summed E-state index contributed by atoms with van der Waals surface area (Å²) in [7, 11) is 1.92. The van der Waals surface area contributed by atoms with Crippen molar-refractivity contribution in [2.45, 2.75) is 13.0 Å². The molecule has 8 nitrogen and oxygen atoms in total. The first-order valence-electron chi connectivity index (χ1n) is 7.52. The first-order valence-corrected chi connectivity index (χ1v) is 7.52. The van der Waals surface area contributed by atoms with Crippen molar-refractivity contribution in [3.63, 3.8) is 0 Å². The number of likely N-dealkylation sites (N-methyl/N-ethyl adjacent to an activating group) is 1. The number of fused-ring (bicyclic) bond motifs is 1. The maximum Gasteiger partial charge on any atom is 0.176 e. The summed E-state index contributed by atoms with van der Waals surface area (Å²) in [4.78, 5) is 8.41. The number of nitrogens with zero attached hydrogens (tertiary/aromatic N) is 6. The number of aliphatic hydroxyl groups excluding tert-OH is 1. The van der Waals surface area contributed by atoms with Crippen molar-refractivity contribution in [1.29, 1.82) is 0 Å². The van der Waals surface area contributed by atoms with E-state index in [4.69, 9.17) is 4.74 Å². The summed E-state index contributed by atoms with van der Waals surface area (Å²) in [6.45, 7) is 6.25. The Morgan fingerprint density at radius 2 is 2.09 bits per heavy atom. The summed E-state index contributed by atoms with van der Waals surface area (Å²) in [6.07, 6.45) is -0.432. The third kappa shape index (κ3) is 3.52. The van der Waals surface area contributed by atoms with Crippen molar-refractivity contribution >= 4 is 11.5 Å². The maximum absolute atomic E-state index is 10.3. The SMILES string of the molecule is Cc1nc2ccc(N(C)CC(O)CN3CCOCC3)nn2n1. The molecular formula is C14H22N6O2. The van der Waals surface area contributed by atoms with Gasteiger partial charge < -0.3 is 14.7 Å². The minimum absolute atomic E-state index is 0.432. The predicted molar refractivity (Wildman–Crippen MR) is 82.1 cm³/mol. The Balaban J connectivity index is 1.60. The van der Waals surface area contributed by atoms with Gasteiger partial charge >= 0.3 is 0 Å². The predicted octanol–water partition coefficient (Wildman–Crippen LogP) is -0.438. The van der Waals surface area contributed by atoms with Crippen LogP contribution in [0, 0.1) is 6.92 Å². The first-order chi connectivity index (χ1) is 10.6. The third-order valence-electron chi connectivity index (χ3n) is 3.75. The number of ether oxygens (including phenoxy) is 1. The fourth-order valence-electron chi connectivity index (χ4n) is 2.63. The van der Waals surface area contributed by atoms with E-state index in [-0.39, 0.29) is 0 Å². The number of anilines is 1. The zero-order chi connectivity index (χ0) is 15.5. The highest BCUT2D eigenvalue weighted by Crippen LogP contribution is 2.10. The average Bonchev–Trinajstić information content (AvgIpc) is 2.87. The fraction of sp³-hybridized carbons (Fsp3) is 0.643. The molecule has 1 unspecified atom stereocenters.